The van der Waals surface area contributed by atoms with Crippen molar-refractivity contribution in [2.75, 3.05) is 13.1 Å². The van der Waals surface area contributed by atoms with E-state index < -0.39 is 6.10 Å². The maximum atomic E-state index is 12.7. The number of hydrogen-bond donors (Lipinski definition) is 2. The van der Waals surface area contributed by atoms with Crippen molar-refractivity contribution < 1.29 is 9.90 Å². The van der Waals surface area contributed by atoms with Crippen molar-refractivity contribution in [1.82, 2.24) is 25.0 Å². The van der Waals surface area contributed by atoms with Crippen LogP contribution in [0.4, 0.5) is 0 Å². The summed E-state index contributed by atoms with van der Waals surface area (Å²) in [7, 11) is 0. The van der Waals surface area contributed by atoms with Crippen LogP contribution in [0.5, 0.6) is 0 Å². The minimum absolute atomic E-state index is 0.0473. The van der Waals surface area contributed by atoms with Gasteiger partial charge in [0.2, 0.25) is 5.91 Å². The molecule has 0 bridgehead atoms. The summed E-state index contributed by atoms with van der Waals surface area (Å²) in [6.07, 6.45) is 10.2. The number of nitrogens with zero attached hydrogens (tertiary/aromatic N) is 4. The molecule has 0 aromatic carbocycles. The zero-order valence-corrected chi connectivity index (χ0v) is 16.2. The number of carbonyl (C=O) groups excluding carboxylic acids is 1. The Morgan fingerprint density at radius 2 is 1.96 bits per heavy atom. The van der Waals surface area contributed by atoms with Gasteiger partial charge in [-0.2, -0.15) is 5.10 Å². The number of amides is 1. The number of aromatic nitrogens is 3. The van der Waals surface area contributed by atoms with Crippen LogP contribution < -0.4 is 5.32 Å². The molecule has 1 aliphatic heterocycles. The minimum atomic E-state index is -0.462. The Morgan fingerprint density at radius 3 is 2.68 bits per heavy atom. The van der Waals surface area contributed by atoms with E-state index in [1.165, 1.54) is 5.56 Å². The van der Waals surface area contributed by atoms with E-state index >= 15 is 0 Å². The van der Waals surface area contributed by atoms with E-state index in [-0.39, 0.29) is 17.9 Å². The summed E-state index contributed by atoms with van der Waals surface area (Å²) in [6.45, 7) is 3.56. The van der Waals surface area contributed by atoms with Crippen molar-refractivity contribution in [1.29, 1.82) is 0 Å². The molecule has 3 atom stereocenters. The molecule has 28 heavy (non-hydrogen) atoms. The Hall–Kier alpha value is -2.25. The predicted octanol–water partition coefficient (Wildman–Crippen LogP) is 1.45. The monoisotopic (exact) mass is 383 g/mol. The summed E-state index contributed by atoms with van der Waals surface area (Å²) in [5.41, 5.74) is 1.26. The summed E-state index contributed by atoms with van der Waals surface area (Å²) < 4.78 is 1.90. The van der Waals surface area contributed by atoms with Gasteiger partial charge in [0.1, 0.15) is 0 Å². The number of nitrogens with one attached hydrogen (secondary N) is 1. The summed E-state index contributed by atoms with van der Waals surface area (Å²) in [6, 6.07) is 5.86. The fourth-order valence-corrected chi connectivity index (χ4v) is 4.50. The molecule has 1 unspecified atom stereocenters. The second kappa shape index (κ2) is 8.84. The Balaban J connectivity index is 1.22. The maximum Gasteiger partial charge on any atom is 0.223 e. The van der Waals surface area contributed by atoms with Crippen molar-refractivity contribution in [3.63, 3.8) is 0 Å². The summed E-state index contributed by atoms with van der Waals surface area (Å²) >= 11 is 0. The van der Waals surface area contributed by atoms with Gasteiger partial charge >= 0.3 is 0 Å². The molecule has 7 heteroatoms. The van der Waals surface area contributed by atoms with Gasteiger partial charge in [0.25, 0.3) is 0 Å². The van der Waals surface area contributed by atoms with Crippen molar-refractivity contribution in [3.8, 4) is 0 Å². The zero-order valence-electron chi connectivity index (χ0n) is 16.2. The molecule has 0 radical (unpaired) electrons. The lowest BCUT2D eigenvalue weighted by Gasteiger charge is -2.32. The lowest BCUT2D eigenvalue weighted by atomic mass is 9.95. The quantitative estimate of drug-likeness (QED) is 0.789. The van der Waals surface area contributed by atoms with Gasteiger partial charge in [-0.15, -0.1) is 0 Å². The van der Waals surface area contributed by atoms with E-state index in [0.717, 1.165) is 51.9 Å². The van der Waals surface area contributed by atoms with Crippen molar-refractivity contribution in [3.05, 3.63) is 48.5 Å². The smallest absolute Gasteiger partial charge is 0.223 e. The molecule has 1 saturated carbocycles. The number of pyridine rings is 1. The molecule has 1 saturated heterocycles. The summed E-state index contributed by atoms with van der Waals surface area (Å²) in [5, 5.41) is 17.8. The average molecular weight is 383 g/mol. The van der Waals surface area contributed by atoms with Gasteiger partial charge in [0.15, 0.2) is 0 Å². The number of likely N-dealkylation sites (tertiary alicyclic amines) is 1. The van der Waals surface area contributed by atoms with Crippen LogP contribution in [-0.4, -0.2) is 55.9 Å². The van der Waals surface area contributed by atoms with E-state index in [9.17, 15) is 9.90 Å². The second-order valence-corrected chi connectivity index (χ2v) is 8.15. The fraction of sp³-hybridized carbons (Fsp3) is 0.571. The Labute approximate surface area is 165 Å². The zero-order chi connectivity index (χ0) is 19.3. The van der Waals surface area contributed by atoms with E-state index in [4.69, 9.17) is 0 Å². The van der Waals surface area contributed by atoms with Gasteiger partial charge < -0.3 is 10.4 Å². The lowest BCUT2D eigenvalue weighted by molar-refractivity contribution is -0.127. The normalized spacial score (nSPS) is 26.4. The topological polar surface area (TPSA) is 83.3 Å². The Morgan fingerprint density at radius 1 is 1.18 bits per heavy atom. The first-order chi connectivity index (χ1) is 13.7. The molecule has 2 aliphatic rings. The minimum Gasteiger partial charge on any atom is -0.391 e. The highest BCUT2D eigenvalue weighted by Gasteiger charge is 2.36. The highest BCUT2D eigenvalue weighted by Crippen LogP contribution is 2.28. The number of aliphatic hydroxyl groups excluding tert-OH is 1. The third-order valence-electron chi connectivity index (χ3n) is 6.07. The standard InChI is InChI=1S/C21H29N5O2/c27-20-13-17(15-26-9-1-6-23-26)12-19(20)24-21(28)18-4-10-25(11-5-18)14-16-2-7-22-8-3-16/h1-3,6-9,17-20,27H,4-5,10-15H2,(H,24,28)/t17?,19-,20-/m1/s1. The van der Waals surface area contributed by atoms with Gasteiger partial charge in [-0.1, -0.05) is 0 Å². The van der Waals surface area contributed by atoms with E-state index in [1.54, 1.807) is 6.20 Å². The molecule has 1 amide bonds. The molecule has 3 heterocycles. The molecular formula is C21H29N5O2. The Kier molecular flexibility index (Phi) is 6.02. The van der Waals surface area contributed by atoms with Crippen LogP contribution in [-0.2, 0) is 17.9 Å². The number of piperidine rings is 1. The number of aliphatic hydroxyl groups is 1. The molecule has 2 fully saturated rings. The number of rotatable bonds is 6. The van der Waals surface area contributed by atoms with Crippen LogP contribution in [0.15, 0.2) is 43.0 Å². The summed E-state index contributed by atoms with van der Waals surface area (Å²) in [5.74, 6) is 0.501. The highest BCUT2D eigenvalue weighted by atomic mass is 16.3. The van der Waals surface area contributed by atoms with Crippen molar-refractivity contribution in [2.45, 2.75) is 50.9 Å². The first-order valence-corrected chi connectivity index (χ1v) is 10.2. The van der Waals surface area contributed by atoms with Crippen LogP contribution in [0.2, 0.25) is 0 Å². The molecule has 150 valence electrons. The van der Waals surface area contributed by atoms with Crippen LogP contribution in [0.3, 0.4) is 0 Å². The molecule has 2 N–H and O–H groups in total. The van der Waals surface area contributed by atoms with Crippen LogP contribution in [0, 0.1) is 11.8 Å². The third-order valence-corrected chi connectivity index (χ3v) is 6.07. The SMILES string of the molecule is O=C(N[C@@H]1CC(Cn2cccn2)C[C@H]1O)C1CCN(Cc2ccncc2)CC1. The maximum absolute atomic E-state index is 12.7. The summed E-state index contributed by atoms with van der Waals surface area (Å²) in [4.78, 5) is 19.2. The van der Waals surface area contributed by atoms with Crippen molar-refractivity contribution in [2.24, 2.45) is 11.8 Å². The van der Waals surface area contributed by atoms with E-state index in [2.05, 4.69) is 20.3 Å². The molecule has 2 aromatic rings. The Bertz CT molecular complexity index is 743. The first kappa shape index (κ1) is 19.1. The van der Waals surface area contributed by atoms with E-state index in [1.807, 2.05) is 41.5 Å². The predicted molar refractivity (Wildman–Crippen MR) is 105 cm³/mol. The molecule has 1 aliphatic carbocycles. The third kappa shape index (κ3) is 4.77. The first-order valence-electron chi connectivity index (χ1n) is 10.2. The number of hydrogen-bond acceptors (Lipinski definition) is 5. The van der Waals surface area contributed by atoms with Gasteiger partial charge in [-0.05, 0) is 68.5 Å². The molecule has 0 spiro atoms. The highest BCUT2D eigenvalue weighted by molar-refractivity contribution is 5.79. The van der Waals surface area contributed by atoms with Gasteiger partial charge in [0, 0.05) is 43.8 Å². The molecule has 7 nitrogen and oxygen atoms in total. The van der Waals surface area contributed by atoms with Gasteiger partial charge in [-0.25, -0.2) is 0 Å². The average Bonchev–Trinajstić information content (AvgIpc) is 3.33. The van der Waals surface area contributed by atoms with Crippen LogP contribution >= 0.6 is 0 Å². The van der Waals surface area contributed by atoms with Crippen LogP contribution in [0.1, 0.15) is 31.2 Å². The molecular weight excluding hydrogens is 354 g/mol. The molecule has 4 rings (SSSR count). The van der Waals surface area contributed by atoms with Crippen molar-refractivity contribution >= 4 is 5.91 Å². The van der Waals surface area contributed by atoms with Gasteiger partial charge in [-0.3, -0.25) is 19.4 Å². The number of carbonyl (C=O) groups is 1. The molecule has 2 aromatic heterocycles. The second-order valence-electron chi connectivity index (χ2n) is 8.15. The van der Waals surface area contributed by atoms with Crippen LogP contribution in [0.25, 0.3) is 0 Å². The largest absolute Gasteiger partial charge is 0.391 e. The fourth-order valence-electron chi connectivity index (χ4n) is 4.50. The lowest BCUT2D eigenvalue weighted by Crippen LogP contribution is -2.46. The van der Waals surface area contributed by atoms with Gasteiger partial charge in [0.05, 0.1) is 12.1 Å². The van der Waals surface area contributed by atoms with E-state index in [0.29, 0.717) is 5.92 Å².